The topological polar surface area (TPSA) is 149 Å². The maximum atomic E-state index is 13.4. The number of para-hydroxylation sites is 1. The summed E-state index contributed by atoms with van der Waals surface area (Å²) in [6.45, 7) is 14.6. The Morgan fingerprint density at radius 2 is 1.31 bits per heavy atom. The van der Waals surface area contributed by atoms with Gasteiger partial charge in [-0.2, -0.15) is 0 Å². The van der Waals surface area contributed by atoms with Crippen molar-refractivity contribution in [3.8, 4) is 0 Å². The van der Waals surface area contributed by atoms with Crippen molar-refractivity contribution in [3.63, 3.8) is 0 Å². The molecule has 0 amide bonds. The molecule has 4 aromatic carbocycles. The number of nitrogens with zero attached hydrogens (tertiary/aromatic N) is 4. The molecule has 398 valence electrons. The van der Waals surface area contributed by atoms with Crippen molar-refractivity contribution in [1.29, 1.82) is 0 Å². The van der Waals surface area contributed by atoms with Crippen molar-refractivity contribution >= 4 is 34.8 Å². The van der Waals surface area contributed by atoms with Gasteiger partial charge in [-0.3, -0.25) is 24.2 Å². The van der Waals surface area contributed by atoms with Gasteiger partial charge in [-0.25, -0.2) is 13.6 Å². The van der Waals surface area contributed by atoms with E-state index in [1.54, 1.807) is 24.3 Å². The van der Waals surface area contributed by atoms with Crippen LogP contribution in [0.2, 0.25) is 0 Å². The SMILES string of the molecule is CC(=O)OCC(COC(C)=O)OC(C)=O.CC[C@]12CCCN3CCc4c(n(c5ccccc45)[C@@](O)(C(=O)OC)C1)[C@@H]32.Fc1ccc(C(OCCN2CCN(CCCc3ccccc3)CC2)c2ccc(F)cc2)cc1. The fourth-order valence-electron chi connectivity index (χ4n) is 11.2. The second-order valence-corrected chi connectivity index (χ2v) is 19.7. The van der Waals surface area contributed by atoms with Crippen molar-refractivity contribution in [1.82, 2.24) is 19.3 Å². The molecule has 0 aliphatic carbocycles. The van der Waals surface area contributed by atoms with Crippen LogP contribution in [0, 0.1) is 17.0 Å². The Balaban J connectivity index is 0.000000174. The normalized spacial score (nSPS) is 20.4. The number of fused-ring (bicyclic) bond motifs is 3. The van der Waals surface area contributed by atoms with Gasteiger partial charge in [-0.15, -0.1) is 0 Å². The third kappa shape index (κ3) is 13.8. The zero-order valence-corrected chi connectivity index (χ0v) is 43.4. The maximum absolute atomic E-state index is 13.4. The molecule has 4 aliphatic heterocycles. The molecule has 5 heterocycles. The van der Waals surface area contributed by atoms with Crippen molar-refractivity contribution in [2.24, 2.45) is 5.41 Å². The summed E-state index contributed by atoms with van der Waals surface area (Å²) >= 11 is 0. The fraction of sp³-hybridized carbons (Fsp3) is 0.483. The number of aryl methyl sites for hydroxylation is 1. The number of ether oxygens (including phenoxy) is 5. The minimum atomic E-state index is -1.63. The number of benzene rings is 4. The van der Waals surface area contributed by atoms with Crippen LogP contribution in [-0.2, 0) is 61.4 Å². The number of carbonyl (C=O) groups is 4. The van der Waals surface area contributed by atoms with Gasteiger partial charge >= 0.3 is 23.9 Å². The Morgan fingerprint density at radius 1 is 0.730 bits per heavy atom. The number of carbonyl (C=O) groups excluding carboxylic acids is 4. The number of hydrogen-bond acceptors (Lipinski definition) is 13. The molecule has 9 rings (SSSR count). The van der Waals surface area contributed by atoms with Gasteiger partial charge in [0.25, 0.3) is 0 Å². The van der Waals surface area contributed by atoms with Gasteiger partial charge < -0.3 is 38.3 Å². The van der Waals surface area contributed by atoms with E-state index in [1.165, 1.54) is 75.1 Å². The quantitative estimate of drug-likeness (QED) is 0.0704. The molecule has 2 saturated heterocycles. The molecule has 2 fully saturated rings. The van der Waals surface area contributed by atoms with Crippen LogP contribution in [0.25, 0.3) is 10.9 Å². The molecule has 0 unspecified atom stereocenters. The second-order valence-electron chi connectivity index (χ2n) is 19.7. The highest BCUT2D eigenvalue weighted by Crippen LogP contribution is 2.60. The van der Waals surface area contributed by atoms with Gasteiger partial charge in [0.05, 0.1) is 25.3 Å². The lowest BCUT2D eigenvalue weighted by atomic mass is 9.62. The Labute approximate surface area is 433 Å². The number of piperazine rings is 1. The molecule has 0 saturated carbocycles. The van der Waals surface area contributed by atoms with Crippen LogP contribution in [0.3, 0.4) is 0 Å². The van der Waals surface area contributed by atoms with E-state index in [-0.39, 0.29) is 42.4 Å². The van der Waals surface area contributed by atoms with Crippen LogP contribution >= 0.6 is 0 Å². The molecule has 0 bridgehead atoms. The van der Waals surface area contributed by atoms with Gasteiger partial charge in [-0.1, -0.05) is 79.7 Å². The Kier molecular flexibility index (Phi) is 19.5. The number of methoxy groups -OCH3 is 1. The highest BCUT2D eigenvalue weighted by molar-refractivity contribution is 5.90. The summed E-state index contributed by atoms with van der Waals surface area (Å²) < 4.78 is 54.1. The Bertz CT molecular complexity index is 2580. The van der Waals surface area contributed by atoms with E-state index in [9.17, 15) is 33.1 Å². The lowest BCUT2D eigenvalue weighted by Gasteiger charge is -2.57. The molecular formula is C58H72F2N4O10. The number of aromatic nitrogens is 1. The summed E-state index contributed by atoms with van der Waals surface area (Å²) in [5, 5.41) is 12.9. The first-order valence-electron chi connectivity index (χ1n) is 25.9. The van der Waals surface area contributed by atoms with E-state index in [1.807, 2.05) is 22.8 Å². The van der Waals surface area contributed by atoms with Gasteiger partial charge in [0.15, 0.2) is 6.10 Å². The number of halogens is 2. The minimum Gasteiger partial charge on any atom is -0.465 e. The van der Waals surface area contributed by atoms with Crippen LogP contribution in [0.4, 0.5) is 8.78 Å². The van der Waals surface area contributed by atoms with Gasteiger partial charge in [-0.05, 0) is 110 Å². The Hall–Kier alpha value is -6.04. The molecule has 5 aromatic rings. The van der Waals surface area contributed by atoms with Gasteiger partial charge in [0.2, 0.25) is 5.72 Å². The first-order valence-corrected chi connectivity index (χ1v) is 25.9. The summed E-state index contributed by atoms with van der Waals surface area (Å²) in [5.74, 6) is -2.62. The first-order chi connectivity index (χ1) is 35.6. The third-order valence-electron chi connectivity index (χ3n) is 14.7. The number of piperidine rings is 1. The van der Waals surface area contributed by atoms with Crippen molar-refractivity contribution in [2.75, 3.05) is 79.3 Å². The van der Waals surface area contributed by atoms with Gasteiger partial charge in [0.1, 0.15) is 31.0 Å². The lowest BCUT2D eigenvalue weighted by molar-refractivity contribution is -0.194. The lowest BCUT2D eigenvalue weighted by Crippen LogP contribution is -2.60. The van der Waals surface area contributed by atoms with E-state index >= 15 is 0 Å². The maximum Gasteiger partial charge on any atom is 0.359 e. The van der Waals surface area contributed by atoms with Crippen LogP contribution in [0.5, 0.6) is 0 Å². The summed E-state index contributed by atoms with van der Waals surface area (Å²) in [7, 11) is 1.37. The number of rotatable bonds is 17. The summed E-state index contributed by atoms with van der Waals surface area (Å²) in [5.41, 5.74) is 4.84. The largest absolute Gasteiger partial charge is 0.465 e. The summed E-state index contributed by atoms with van der Waals surface area (Å²) in [4.78, 5) is 52.0. The number of esters is 4. The predicted octanol–water partition coefficient (Wildman–Crippen LogP) is 8.32. The highest BCUT2D eigenvalue weighted by Gasteiger charge is 2.60. The second kappa shape index (κ2) is 25.9. The molecule has 0 radical (unpaired) electrons. The van der Waals surface area contributed by atoms with Crippen LogP contribution in [0.1, 0.15) is 99.9 Å². The standard InChI is InChI=1S/C28H32F2N2O.C21H26N2O3.C9H14O6/c29-26-12-8-24(9-13-26)28(25-10-14-27(30)15-11-25)33-22-21-32-19-17-31(18-20-32)16-4-7-23-5-2-1-3-6-23;1-3-20-10-6-11-22-12-9-15-14-7-4-5-8-16(14)23(17(15)18(20)22)21(25,13-20)19(24)26-2;1-6(10)13-4-9(15-8(3)12)5-14-7(2)11/h1-3,5-6,8-15,28H,4,7,16-22H2;4-5,7-8,18,25H,3,6,9-13H2,1-2H3;9H,4-5H2,1-3H3/t;18-,20+,21+;/m.1./s1. The van der Waals surface area contributed by atoms with E-state index in [4.69, 9.17) is 14.2 Å². The van der Waals surface area contributed by atoms with Crippen LogP contribution in [0.15, 0.2) is 103 Å². The van der Waals surface area contributed by atoms with E-state index in [0.29, 0.717) is 13.0 Å². The zero-order chi connectivity index (χ0) is 52.8. The van der Waals surface area contributed by atoms with E-state index in [0.717, 1.165) is 107 Å². The van der Waals surface area contributed by atoms with E-state index < -0.39 is 35.7 Å². The molecule has 0 spiro atoms. The van der Waals surface area contributed by atoms with Crippen molar-refractivity contribution in [2.45, 2.75) is 96.6 Å². The highest BCUT2D eigenvalue weighted by atomic mass is 19.1. The summed E-state index contributed by atoms with van der Waals surface area (Å²) in [6, 6.07) is 31.8. The van der Waals surface area contributed by atoms with Crippen molar-refractivity contribution in [3.05, 3.63) is 143 Å². The number of aliphatic hydroxyl groups is 1. The monoisotopic (exact) mass is 1020 g/mol. The molecule has 1 N–H and O–H groups in total. The molecule has 74 heavy (non-hydrogen) atoms. The molecule has 16 heteroatoms. The fourth-order valence-corrected chi connectivity index (χ4v) is 11.2. The predicted molar refractivity (Wildman–Crippen MR) is 276 cm³/mol. The smallest absolute Gasteiger partial charge is 0.359 e. The van der Waals surface area contributed by atoms with Gasteiger partial charge in [0, 0.05) is 77.5 Å². The summed E-state index contributed by atoms with van der Waals surface area (Å²) in [6.07, 6.45) is 5.73. The molecule has 1 aromatic heterocycles. The van der Waals surface area contributed by atoms with Crippen LogP contribution < -0.4 is 0 Å². The van der Waals surface area contributed by atoms with E-state index in [2.05, 4.69) is 67.5 Å². The average molecular weight is 1020 g/mol. The number of hydrogen-bond donors (Lipinski definition) is 1. The zero-order valence-electron chi connectivity index (χ0n) is 43.4. The minimum absolute atomic E-state index is 0.0826. The molecule has 4 aliphatic rings. The Morgan fingerprint density at radius 3 is 1.88 bits per heavy atom. The van der Waals surface area contributed by atoms with Crippen molar-refractivity contribution < 1.29 is 56.7 Å². The molecular weight excluding hydrogens is 951 g/mol. The molecule has 3 atom stereocenters. The average Bonchev–Trinajstić information content (AvgIpc) is 3.75. The molecule has 14 nitrogen and oxygen atoms in total. The van der Waals surface area contributed by atoms with Crippen LogP contribution in [-0.4, -0.2) is 134 Å². The first kappa shape index (κ1) is 55.7. The third-order valence-corrected chi connectivity index (χ3v) is 14.7.